The third kappa shape index (κ3) is 3.58. The molecule has 0 radical (unpaired) electrons. The van der Waals surface area contributed by atoms with E-state index in [-0.39, 0.29) is 12.1 Å². The molecular formula is C23H30N6O3. The van der Waals surface area contributed by atoms with Crippen LogP contribution in [0.2, 0.25) is 0 Å². The summed E-state index contributed by atoms with van der Waals surface area (Å²) in [5, 5.41) is 23.0. The summed E-state index contributed by atoms with van der Waals surface area (Å²) in [4.78, 5) is 4.64. The minimum atomic E-state index is -0.183. The minimum Gasteiger partial charge on any atom is -0.393 e. The Balaban J connectivity index is 1.37. The molecule has 0 amide bonds. The molecule has 5 heterocycles. The van der Waals surface area contributed by atoms with E-state index >= 15 is 0 Å². The summed E-state index contributed by atoms with van der Waals surface area (Å²) in [5.74, 6) is 1.50. The van der Waals surface area contributed by atoms with E-state index in [2.05, 4.69) is 39.1 Å². The molecule has 170 valence electrons. The van der Waals surface area contributed by atoms with Crippen LogP contribution in [0.3, 0.4) is 0 Å². The van der Waals surface area contributed by atoms with E-state index in [4.69, 9.17) is 14.6 Å². The highest BCUT2D eigenvalue weighted by atomic mass is 16.5. The van der Waals surface area contributed by atoms with E-state index in [1.807, 2.05) is 17.1 Å². The fourth-order valence-corrected chi connectivity index (χ4v) is 4.89. The molecule has 2 aliphatic heterocycles. The second kappa shape index (κ2) is 8.13. The maximum atomic E-state index is 10.0. The van der Waals surface area contributed by atoms with Gasteiger partial charge in [-0.3, -0.25) is 4.68 Å². The topological polar surface area (TPSA) is 98.7 Å². The van der Waals surface area contributed by atoms with Crippen molar-refractivity contribution in [1.29, 1.82) is 0 Å². The number of anilines is 1. The Hall–Kier alpha value is -2.49. The lowest BCUT2D eigenvalue weighted by Gasteiger charge is -2.31. The average molecular weight is 439 g/mol. The first-order valence-electron chi connectivity index (χ1n) is 11.7. The van der Waals surface area contributed by atoms with Gasteiger partial charge in [-0.1, -0.05) is 0 Å². The molecule has 1 aliphatic carbocycles. The third-order valence-electron chi connectivity index (χ3n) is 7.29. The predicted octanol–water partition coefficient (Wildman–Crippen LogP) is 2.63. The monoisotopic (exact) mass is 438 g/mol. The van der Waals surface area contributed by atoms with Crippen LogP contribution < -0.4 is 5.32 Å². The van der Waals surface area contributed by atoms with Crippen LogP contribution in [0.15, 0.2) is 24.7 Å². The number of ether oxygens (including phenoxy) is 2. The second-order valence-corrected chi connectivity index (χ2v) is 9.50. The van der Waals surface area contributed by atoms with E-state index in [1.165, 1.54) is 5.69 Å². The van der Waals surface area contributed by atoms with Gasteiger partial charge < -0.3 is 19.9 Å². The molecule has 3 aromatic rings. The van der Waals surface area contributed by atoms with Crippen LogP contribution in [0.5, 0.6) is 0 Å². The molecule has 1 saturated carbocycles. The lowest BCUT2D eigenvalue weighted by molar-refractivity contribution is -0.0380. The van der Waals surface area contributed by atoms with E-state index in [9.17, 15) is 5.11 Å². The van der Waals surface area contributed by atoms with E-state index in [0.29, 0.717) is 23.8 Å². The SMILES string of the molecule is C[C@@H](Nc1ncc2c(-c3cnn(C4COC4)c3)cc([C@H]3CC[C@H](O)CC3)n2n1)C1COC1. The highest BCUT2D eigenvalue weighted by molar-refractivity contribution is 5.81. The summed E-state index contributed by atoms with van der Waals surface area (Å²) in [6.45, 7) is 5.17. The van der Waals surface area contributed by atoms with Crippen molar-refractivity contribution in [3.05, 3.63) is 30.4 Å². The van der Waals surface area contributed by atoms with E-state index < -0.39 is 0 Å². The normalized spacial score (nSPS) is 25.4. The summed E-state index contributed by atoms with van der Waals surface area (Å²) < 4.78 is 14.7. The summed E-state index contributed by atoms with van der Waals surface area (Å²) >= 11 is 0. The van der Waals surface area contributed by atoms with Crippen molar-refractivity contribution < 1.29 is 14.6 Å². The van der Waals surface area contributed by atoms with Gasteiger partial charge in [0.2, 0.25) is 5.95 Å². The lowest BCUT2D eigenvalue weighted by atomic mass is 9.85. The maximum absolute atomic E-state index is 10.0. The molecule has 9 heteroatoms. The number of fused-ring (bicyclic) bond motifs is 1. The van der Waals surface area contributed by atoms with Gasteiger partial charge in [0.05, 0.1) is 56.5 Å². The molecule has 0 aromatic carbocycles. The molecule has 0 bridgehead atoms. The van der Waals surface area contributed by atoms with Gasteiger partial charge >= 0.3 is 0 Å². The third-order valence-corrected chi connectivity index (χ3v) is 7.29. The molecule has 3 aliphatic rings. The summed E-state index contributed by atoms with van der Waals surface area (Å²) in [6.07, 6.45) is 9.36. The second-order valence-electron chi connectivity index (χ2n) is 9.50. The number of aromatic nitrogens is 5. The Labute approximate surface area is 186 Å². The lowest BCUT2D eigenvalue weighted by Crippen LogP contribution is -2.40. The number of rotatable bonds is 6. The highest BCUT2D eigenvalue weighted by Gasteiger charge is 2.28. The molecule has 2 saturated heterocycles. The van der Waals surface area contributed by atoms with Crippen molar-refractivity contribution in [3.8, 4) is 11.1 Å². The Morgan fingerprint density at radius 1 is 1.09 bits per heavy atom. The first kappa shape index (κ1) is 20.1. The van der Waals surface area contributed by atoms with Crippen LogP contribution in [-0.4, -0.2) is 68.1 Å². The van der Waals surface area contributed by atoms with Gasteiger partial charge in [-0.05, 0) is 38.7 Å². The summed E-state index contributed by atoms with van der Waals surface area (Å²) in [5.41, 5.74) is 4.35. The summed E-state index contributed by atoms with van der Waals surface area (Å²) in [6, 6.07) is 2.83. The van der Waals surface area contributed by atoms with Gasteiger partial charge in [0.15, 0.2) is 0 Å². The fourth-order valence-electron chi connectivity index (χ4n) is 4.89. The molecule has 9 nitrogen and oxygen atoms in total. The molecule has 0 spiro atoms. The van der Waals surface area contributed by atoms with Crippen molar-refractivity contribution >= 4 is 11.5 Å². The van der Waals surface area contributed by atoms with E-state index in [1.54, 1.807) is 0 Å². The number of hydrogen-bond donors (Lipinski definition) is 2. The van der Waals surface area contributed by atoms with Crippen LogP contribution in [0.25, 0.3) is 16.6 Å². The zero-order valence-electron chi connectivity index (χ0n) is 18.4. The van der Waals surface area contributed by atoms with Crippen molar-refractivity contribution in [2.75, 3.05) is 31.7 Å². The van der Waals surface area contributed by atoms with Crippen molar-refractivity contribution in [3.63, 3.8) is 0 Å². The molecule has 2 N–H and O–H groups in total. The maximum Gasteiger partial charge on any atom is 0.241 e. The quantitative estimate of drug-likeness (QED) is 0.610. The van der Waals surface area contributed by atoms with Crippen LogP contribution >= 0.6 is 0 Å². The zero-order chi connectivity index (χ0) is 21.7. The Bertz CT molecular complexity index is 1090. The van der Waals surface area contributed by atoms with Gasteiger partial charge in [-0.15, -0.1) is 5.10 Å². The number of aliphatic hydroxyl groups excluding tert-OH is 1. The highest BCUT2D eigenvalue weighted by Crippen LogP contribution is 2.38. The van der Waals surface area contributed by atoms with Gasteiger partial charge in [-0.25, -0.2) is 9.50 Å². The molecule has 3 aromatic heterocycles. The number of nitrogens with zero attached hydrogens (tertiary/aromatic N) is 5. The average Bonchev–Trinajstić information content (AvgIpc) is 3.31. The molecular weight excluding hydrogens is 408 g/mol. The molecule has 32 heavy (non-hydrogen) atoms. The Kier molecular flexibility index (Phi) is 5.12. The van der Waals surface area contributed by atoms with Gasteiger partial charge in [0.25, 0.3) is 0 Å². The van der Waals surface area contributed by atoms with E-state index in [0.717, 1.165) is 68.8 Å². The molecule has 6 rings (SSSR count). The molecule has 0 unspecified atom stereocenters. The van der Waals surface area contributed by atoms with Crippen molar-refractivity contribution in [2.24, 2.45) is 5.92 Å². The van der Waals surface area contributed by atoms with Crippen molar-refractivity contribution in [2.45, 2.75) is 56.7 Å². The Morgan fingerprint density at radius 3 is 2.56 bits per heavy atom. The zero-order valence-corrected chi connectivity index (χ0v) is 18.4. The molecule has 1 atom stereocenters. The fraction of sp³-hybridized carbons (Fsp3) is 0.609. The molecule has 3 fully saturated rings. The van der Waals surface area contributed by atoms with Crippen molar-refractivity contribution in [1.82, 2.24) is 24.4 Å². The number of nitrogens with one attached hydrogen (secondary N) is 1. The largest absolute Gasteiger partial charge is 0.393 e. The van der Waals surface area contributed by atoms with Crippen LogP contribution in [-0.2, 0) is 9.47 Å². The van der Waals surface area contributed by atoms with Gasteiger partial charge in [0, 0.05) is 40.9 Å². The standard InChI is InChI=1S/C23H30N6O3/c1-14(17-10-31-11-17)26-23-24-8-22-20(16-7-25-28(9-16)18-12-32-13-18)6-21(29(22)27-23)15-2-4-19(30)5-3-15/h6-9,14-15,17-19,30H,2-5,10-13H2,1H3,(H,26,27)/t14-,15-,19-/m1/s1. The van der Waals surface area contributed by atoms with Crippen LogP contribution in [0, 0.1) is 5.92 Å². The summed E-state index contributed by atoms with van der Waals surface area (Å²) in [7, 11) is 0. The number of aliphatic hydroxyl groups is 1. The van der Waals surface area contributed by atoms with Gasteiger partial charge in [-0.2, -0.15) is 5.10 Å². The smallest absolute Gasteiger partial charge is 0.241 e. The van der Waals surface area contributed by atoms with Gasteiger partial charge in [0.1, 0.15) is 0 Å². The Morgan fingerprint density at radius 2 is 1.88 bits per heavy atom. The first-order chi connectivity index (χ1) is 15.7. The van der Waals surface area contributed by atoms with Crippen LogP contribution in [0.1, 0.15) is 50.3 Å². The predicted molar refractivity (Wildman–Crippen MR) is 119 cm³/mol. The van der Waals surface area contributed by atoms with Crippen LogP contribution in [0.4, 0.5) is 5.95 Å². The number of hydrogen-bond acceptors (Lipinski definition) is 7. The minimum absolute atomic E-state index is 0.183. The first-order valence-corrected chi connectivity index (χ1v) is 11.7.